The van der Waals surface area contributed by atoms with Gasteiger partial charge in [0.25, 0.3) is 5.91 Å². The molecule has 0 aromatic heterocycles. The Labute approximate surface area is 230 Å². The van der Waals surface area contributed by atoms with Crippen molar-refractivity contribution in [1.82, 2.24) is 10.2 Å². The summed E-state index contributed by atoms with van der Waals surface area (Å²) in [6.07, 6.45) is 1.12. The molecular formula is C28H29BrCl2N2O3. The Morgan fingerprint density at radius 3 is 2.39 bits per heavy atom. The van der Waals surface area contributed by atoms with E-state index >= 15 is 0 Å². The highest BCUT2D eigenvalue weighted by Gasteiger charge is 2.31. The van der Waals surface area contributed by atoms with Gasteiger partial charge in [-0.25, -0.2) is 0 Å². The number of benzene rings is 3. The van der Waals surface area contributed by atoms with Crippen LogP contribution in [0.15, 0.2) is 77.3 Å². The molecule has 0 aliphatic heterocycles. The van der Waals surface area contributed by atoms with E-state index in [4.69, 9.17) is 27.9 Å². The first-order valence-electron chi connectivity index (χ1n) is 11.7. The summed E-state index contributed by atoms with van der Waals surface area (Å²) in [6.45, 7) is 3.85. The predicted molar refractivity (Wildman–Crippen MR) is 148 cm³/mol. The zero-order valence-electron chi connectivity index (χ0n) is 20.2. The lowest BCUT2D eigenvalue weighted by molar-refractivity contribution is -0.143. The number of hydrogen-bond acceptors (Lipinski definition) is 3. The van der Waals surface area contributed by atoms with Gasteiger partial charge < -0.3 is 15.0 Å². The summed E-state index contributed by atoms with van der Waals surface area (Å²) in [5, 5.41) is 4.12. The molecule has 2 atom stereocenters. The number of nitrogens with zero attached hydrogens (tertiary/aromatic N) is 1. The second-order valence-corrected chi connectivity index (χ2v) is 10.2. The molecule has 0 radical (unpaired) electrons. The Kier molecular flexibility index (Phi) is 10.7. The van der Waals surface area contributed by atoms with E-state index < -0.39 is 6.04 Å². The van der Waals surface area contributed by atoms with Gasteiger partial charge in [-0.3, -0.25) is 9.59 Å². The molecule has 0 saturated heterocycles. The molecule has 0 spiro atoms. The molecule has 36 heavy (non-hydrogen) atoms. The molecule has 3 aromatic rings. The van der Waals surface area contributed by atoms with Crippen molar-refractivity contribution in [1.29, 1.82) is 0 Å². The lowest BCUT2D eigenvalue weighted by Gasteiger charge is -2.32. The van der Waals surface area contributed by atoms with Gasteiger partial charge in [0.05, 0.1) is 4.47 Å². The van der Waals surface area contributed by atoms with Gasteiger partial charge >= 0.3 is 0 Å². The minimum absolute atomic E-state index is 0.0330. The number of amides is 2. The highest BCUT2D eigenvalue weighted by molar-refractivity contribution is 9.10. The predicted octanol–water partition coefficient (Wildman–Crippen LogP) is 6.69. The van der Waals surface area contributed by atoms with Crippen LogP contribution in [0.2, 0.25) is 10.0 Å². The van der Waals surface area contributed by atoms with E-state index in [2.05, 4.69) is 21.2 Å². The van der Waals surface area contributed by atoms with Gasteiger partial charge in [0, 0.05) is 29.1 Å². The van der Waals surface area contributed by atoms with Crippen LogP contribution < -0.4 is 10.1 Å². The minimum Gasteiger partial charge on any atom is -0.483 e. The summed E-state index contributed by atoms with van der Waals surface area (Å²) in [6, 6.07) is 21.2. The van der Waals surface area contributed by atoms with Gasteiger partial charge in [0.15, 0.2) is 6.61 Å². The van der Waals surface area contributed by atoms with Crippen LogP contribution in [-0.4, -0.2) is 35.4 Å². The monoisotopic (exact) mass is 590 g/mol. The Balaban J connectivity index is 1.93. The molecule has 0 aliphatic rings. The minimum atomic E-state index is -0.762. The number of rotatable bonds is 11. The number of nitrogens with one attached hydrogen (secondary N) is 1. The summed E-state index contributed by atoms with van der Waals surface area (Å²) in [5.41, 5.74) is 1.69. The SMILES string of the molecule is CC[C@H](C)NC(=O)[C@H](Cc1ccccc1)N(Cc1ccccc1Cl)C(=O)COc1ccc(Cl)cc1Br. The maximum Gasteiger partial charge on any atom is 0.261 e. The fourth-order valence-corrected chi connectivity index (χ4v) is 4.61. The molecule has 0 fully saturated rings. The highest BCUT2D eigenvalue weighted by atomic mass is 79.9. The van der Waals surface area contributed by atoms with Crippen LogP contribution in [-0.2, 0) is 22.6 Å². The van der Waals surface area contributed by atoms with Crippen LogP contribution in [0.4, 0.5) is 0 Å². The molecular weight excluding hydrogens is 563 g/mol. The van der Waals surface area contributed by atoms with E-state index in [1.165, 1.54) is 0 Å². The first-order valence-corrected chi connectivity index (χ1v) is 13.3. The van der Waals surface area contributed by atoms with E-state index in [9.17, 15) is 9.59 Å². The van der Waals surface area contributed by atoms with Crippen molar-refractivity contribution in [2.24, 2.45) is 0 Å². The zero-order chi connectivity index (χ0) is 26.1. The Bertz CT molecular complexity index is 1180. The van der Waals surface area contributed by atoms with Crippen LogP contribution in [0.3, 0.4) is 0 Å². The van der Waals surface area contributed by atoms with Gasteiger partial charge in [0.2, 0.25) is 5.91 Å². The third-order valence-electron chi connectivity index (χ3n) is 5.82. The quantitative estimate of drug-likeness (QED) is 0.270. The number of halogens is 3. The summed E-state index contributed by atoms with van der Waals surface area (Å²) in [4.78, 5) is 28.7. The summed E-state index contributed by atoms with van der Waals surface area (Å²) in [5.74, 6) is -0.0765. The normalized spacial score (nSPS) is 12.5. The largest absolute Gasteiger partial charge is 0.483 e. The van der Waals surface area contributed by atoms with Gasteiger partial charge in [0.1, 0.15) is 11.8 Å². The van der Waals surface area contributed by atoms with E-state index in [0.29, 0.717) is 26.7 Å². The maximum atomic E-state index is 13.6. The molecule has 0 unspecified atom stereocenters. The van der Waals surface area contributed by atoms with Crippen molar-refractivity contribution in [3.8, 4) is 5.75 Å². The van der Waals surface area contributed by atoms with Gasteiger partial charge in [-0.05, 0) is 64.7 Å². The standard InChI is InChI=1S/C28H29BrCl2N2O3/c1-3-19(2)32-28(35)25(15-20-9-5-4-6-10-20)33(17-21-11-7-8-12-24(21)31)27(34)18-36-26-14-13-22(30)16-23(26)29/h4-14,16,19,25H,3,15,17-18H2,1-2H3,(H,32,35)/t19-,25-/m0/s1. The molecule has 190 valence electrons. The zero-order valence-corrected chi connectivity index (χ0v) is 23.3. The molecule has 3 aromatic carbocycles. The summed E-state index contributed by atoms with van der Waals surface area (Å²) >= 11 is 15.9. The molecule has 2 amide bonds. The van der Waals surface area contributed by atoms with Crippen molar-refractivity contribution in [3.63, 3.8) is 0 Å². The number of hydrogen-bond donors (Lipinski definition) is 1. The number of carbonyl (C=O) groups excluding carboxylic acids is 2. The van der Waals surface area contributed by atoms with E-state index in [0.717, 1.165) is 17.5 Å². The first kappa shape index (κ1) is 28.0. The van der Waals surface area contributed by atoms with Crippen LogP contribution in [0.5, 0.6) is 5.75 Å². The van der Waals surface area contributed by atoms with E-state index in [-0.39, 0.29) is 31.0 Å². The van der Waals surface area contributed by atoms with Crippen LogP contribution in [0.1, 0.15) is 31.4 Å². The fourth-order valence-electron chi connectivity index (χ4n) is 3.62. The first-order chi connectivity index (χ1) is 17.3. The summed E-state index contributed by atoms with van der Waals surface area (Å²) < 4.78 is 6.46. The molecule has 0 aliphatic carbocycles. The molecule has 0 saturated carbocycles. The Hall–Kier alpha value is -2.54. The van der Waals surface area contributed by atoms with Crippen LogP contribution >= 0.6 is 39.1 Å². The topological polar surface area (TPSA) is 58.6 Å². The van der Waals surface area contributed by atoms with Crippen molar-refractivity contribution >= 4 is 50.9 Å². The number of carbonyl (C=O) groups is 2. The molecule has 0 bridgehead atoms. The highest BCUT2D eigenvalue weighted by Crippen LogP contribution is 2.28. The lowest BCUT2D eigenvalue weighted by atomic mass is 10.0. The van der Waals surface area contributed by atoms with Gasteiger partial charge in [-0.15, -0.1) is 0 Å². The maximum absolute atomic E-state index is 13.6. The summed E-state index contributed by atoms with van der Waals surface area (Å²) in [7, 11) is 0. The van der Waals surface area contributed by atoms with Crippen LogP contribution in [0.25, 0.3) is 0 Å². The smallest absolute Gasteiger partial charge is 0.261 e. The lowest BCUT2D eigenvalue weighted by Crippen LogP contribution is -2.53. The van der Waals surface area contributed by atoms with Crippen molar-refractivity contribution < 1.29 is 14.3 Å². The van der Waals surface area contributed by atoms with Crippen molar-refractivity contribution in [3.05, 3.63) is 98.4 Å². The average molecular weight is 592 g/mol. The molecule has 8 heteroatoms. The Morgan fingerprint density at radius 2 is 1.72 bits per heavy atom. The van der Waals surface area contributed by atoms with Gasteiger partial charge in [-0.1, -0.05) is 78.7 Å². The third-order valence-corrected chi connectivity index (χ3v) is 7.04. The molecule has 0 heterocycles. The molecule has 1 N–H and O–H groups in total. The van der Waals surface area contributed by atoms with Crippen LogP contribution in [0, 0.1) is 0 Å². The number of ether oxygens (including phenoxy) is 1. The second kappa shape index (κ2) is 13.7. The molecule has 5 nitrogen and oxygen atoms in total. The second-order valence-electron chi connectivity index (χ2n) is 8.50. The van der Waals surface area contributed by atoms with Gasteiger partial charge in [-0.2, -0.15) is 0 Å². The van der Waals surface area contributed by atoms with Crippen molar-refractivity contribution in [2.75, 3.05) is 6.61 Å². The average Bonchev–Trinajstić information content (AvgIpc) is 2.87. The Morgan fingerprint density at radius 1 is 1.03 bits per heavy atom. The van der Waals surface area contributed by atoms with E-state index in [1.54, 1.807) is 29.2 Å². The van der Waals surface area contributed by atoms with Crippen molar-refractivity contribution in [2.45, 2.75) is 45.3 Å². The molecule has 3 rings (SSSR count). The van der Waals surface area contributed by atoms with E-state index in [1.807, 2.05) is 62.4 Å². The third kappa shape index (κ3) is 7.99. The fraction of sp³-hybridized carbons (Fsp3) is 0.286.